The Morgan fingerprint density at radius 1 is 1.11 bits per heavy atom. The van der Waals surface area contributed by atoms with E-state index in [1.807, 2.05) is 0 Å². The Hall–Kier alpha value is -4.51. The van der Waals surface area contributed by atoms with Gasteiger partial charge in [-0.2, -0.15) is 4.99 Å². The summed E-state index contributed by atoms with van der Waals surface area (Å²) in [6.07, 6.45) is 1.36. The molecule has 0 fully saturated rings. The van der Waals surface area contributed by atoms with Gasteiger partial charge in [-0.3, -0.25) is 9.55 Å². The molecule has 4 aromatic rings. The van der Waals surface area contributed by atoms with Gasteiger partial charge < -0.3 is 9.84 Å². The van der Waals surface area contributed by atoms with Crippen LogP contribution in [0.4, 0.5) is 5.82 Å². The molecule has 0 unspecified atom stereocenters. The number of pyridine rings is 2. The zero-order valence-electron chi connectivity index (χ0n) is 18.4. The number of H-pyrrole nitrogens is 1. The number of hydrogen-bond donors (Lipinski definition) is 2. The van der Waals surface area contributed by atoms with Gasteiger partial charge in [-0.15, -0.1) is 0 Å². The zero-order valence-corrected chi connectivity index (χ0v) is 19.1. The van der Waals surface area contributed by atoms with Crippen LogP contribution in [-0.2, 0) is 13.1 Å². The van der Waals surface area contributed by atoms with Crippen molar-refractivity contribution in [2.75, 3.05) is 0 Å². The summed E-state index contributed by atoms with van der Waals surface area (Å²) < 4.78 is 7.95. The van der Waals surface area contributed by atoms with Crippen LogP contribution >= 0.6 is 11.6 Å². The fourth-order valence-corrected chi connectivity index (χ4v) is 3.28. The van der Waals surface area contributed by atoms with Gasteiger partial charge in [0.05, 0.1) is 12.7 Å². The highest BCUT2D eigenvalue weighted by atomic mass is 35.5. The number of nitrogens with one attached hydrogen (secondary N) is 1. The van der Waals surface area contributed by atoms with Gasteiger partial charge in [0.15, 0.2) is 11.5 Å². The van der Waals surface area contributed by atoms with Gasteiger partial charge in [-0.1, -0.05) is 29.8 Å². The lowest BCUT2D eigenvalue weighted by molar-refractivity contribution is 0.0689. The van der Waals surface area contributed by atoms with E-state index in [9.17, 15) is 14.4 Å². The number of benzene rings is 1. The minimum atomic E-state index is -1.17. The van der Waals surface area contributed by atoms with Crippen molar-refractivity contribution < 1.29 is 14.6 Å². The van der Waals surface area contributed by atoms with E-state index in [1.54, 1.807) is 37.3 Å². The highest BCUT2D eigenvalue weighted by molar-refractivity contribution is 6.30. The van der Waals surface area contributed by atoms with E-state index in [0.29, 0.717) is 10.8 Å². The van der Waals surface area contributed by atoms with E-state index in [0.717, 1.165) is 10.1 Å². The van der Waals surface area contributed by atoms with Crippen molar-refractivity contribution in [3.8, 4) is 11.6 Å². The van der Waals surface area contributed by atoms with Crippen LogP contribution in [0.15, 0.2) is 75.4 Å². The lowest BCUT2D eigenvalue weighted by Gasteiger charge is -2.10. The first-order valence-electron chi connectivity index (χ1n) is 10.4. The Labute approximate surface area is 202 Å². The van der Waals surface area contributed by atoms with Crippen molar-refractivity contribution >= 4 is 23.4 Å². The van der Waals surface area contributed by atoms with Crippen molar-refractivity contribution in [1.82, 2.24) is 24.1 Å². The monoisotopic (exact) mass is 494 g/mol. The SMILES string of the molecule is CCn1c(=O)[nH]/c(=N\c2ccc(Oc3cccc(C(=O)O)n3)cn2)n(Cc2ccc(Cl)cc2)c1=O. The number of carboxylic acids is 1. The molecular weight excluding hydrogens is 476 g/mol. The first-order valence-corrected chi connectivity index (χ1v) is 10.8. The van der Waals surface area contributed by atoms with Crippen LogP contribution < -0.4 is 21.7 Å². The second kappa shape index (κ2) is 10.2. The molecule has 2 N–H and O–H groups in total. The van der Waals surface area contributed by atoms with Gasteiger partial charge in [-0.05, 0) is 42.8 Å². The number of ether oxygens (including phenoxy) is 1. The minimum Gasteiger partial charge on any atom is -0.477 e. The highest BCUT2D eigenvalue weighted by Crippen LogP contribution is 2.20. The van der Waals surface area contributed by atoms with Crippen LogP contribution in [0.1, 0.15) is 23.0 Å². The molecular formula is C23H19ClN6O5. The second-order valence-corrected chi connectivity index (χ2v) is 7.66. The number of carbonyl (C=O) groups is 1. The van der Waals surface area contributed by atoms with Crippen molar-refractivity contribution in [2.45, 2.75) is 20.0 Å². The fourth-order valence-electron chi connectivity index (χ4n) is 3.15. The number of hydrogen-bond acceptors (Lipinski definition) is 7. The molecule has 0 atom stereocenters. The van der Waals surface area contributed by atoms with Crippen LogP contribution in [0, 0.1) is 0 Å². The van der Waals surface area contributed by atoms with Crippen molar-refractivity contribution in [1.29, 1.82) is 0 Å². The van der Waals surface area contributed by atoms with Gasteiger partial charge >= 0.3 is 17.3 Å². The molecule has 35 heavy (non-hydrogen) atoms. The first-order chi connectivity index (χ1) is 16.8. The Morgan fingerprint density at radius 2 is 1.89 bits per heavy atom. The molecule has 11 nitrogen and oxygen atoms in total. The summed E-state index contributed by atoms with van der Waals surface area (Å²) in [5.74, 6) is -0.583. The maximum Gasteiger partial charge on any atom is 0.354 e. The van der Waals surface area contributed by atoms with E-state index in [2.05, 4.69) is 19.9 Å². The zero-order chi connectivity index (χ0) is 24.9. The molecule has 0 saturated heterocycles. The summed E-state index contributed by atoms with van der Waals surface area (Å²) in [4.78, 5) is 51.5. The fraction of sp³-hybridized carbons (Fsp3) is 0.130. The average Bonchev–Trinajstić information content (AvgIpc) is 2.84. The predicted molar refractivity (Wildman–Crippen MR) is 126 cm³/mol. The molecule has 3 heterocycles. The summed E-state index contributed by atoms with van der Waals surface area (Å²) in [5.41, 5.74) is -0.451. The van der Waals surface area contributed by atoms with Crippen LogP contribution in [0.5, 0.6) is 11.6 Å². The smallest absolute Gasteiger partial charge is 0.354 e. The average molecular weight is 495 g/mol. The third-order valence-electron chi connectivity index (χ3n) is 4.86. The van der Waals surface area contributed by atoms with E-state index in [1.165, 1.54) is 35.0 Å². The van der Waals surface area contributed by atoms with E-state index in [-0.39, 0.29) is 36.1 Å². The number of aromatic amines is 1. The number of rotatable bonds is 7. The molecule has 3 aromatic heterocycles. The van der Waals surface area contributed by atoms with Crippen LogP contribution in [0.2, 0.25) is 5.02 Å². The maximum atomic E-state index is 13.0. The van der Waals surface area contributed by atoms with E-state index < -0.39 is 17.3 Å². The van der Waals surface area contributed by atoms with Gasteiger partial charge in [0.2, 0.25) is 11.5 Å². The van der Waals surface area contributed by atoms with Crippen molar-refractivity contribution in [3.63, 3.8) is 0 Å². The van der Waals surface area contributed by atoms with E-state index >= 15 is 0 Å². The molecule has 4 rings (SSSR count). The predicted octanol–water partition coefficient (Wildman–Crippen LogP) is 2.57. The summed E-state index contributed by atoms with van der Waals surface area (Å²) in [5, 5.41) is 9.61. The molecule has 0 aliphatic heterocycles. The maximum absolute atomic E-state index is 13.0. The van der Waals surface area contributed by atoms with Crippen LogP contribution in [-0.4, -0.2) is 35.2 Å². The number of aromatic carboxylic acids is 1. The first kappa shape index (κ1) is 23.6. The molecule has 0 radical (unpaired) electrons. The number of nitrogens with zero attached hydrogens (tertiary/aromatic N) is 5. The van der Waals surface area contributed by atoms with Crippen molar-refractivity contribution in [3.05, 3.63) is 104 Å². The Morgan fingerprint density at radius 3 is 2.54 bits per heavy atom. The second-order valence-electron chi connectivity index (χ2n) is 7.23. The van der Waals surface area contributed by atoms with Crippen LogP contribution in [0.3, 0.4) is 0 Å². The lowest BCUT2D eigenvalue weighted by Crippen LogP contribution is -2.49. The third-order valence-corrected chi connectivity index (χ3v) is 5.11. The molecule has 1 aromatic carbocycles. The minimum absolute atomic E-state index is 0.0247. The lowest BCUT2D eigenvalue weighted by atomic mass is 10.2. The standard InChI is InChI=1S/C23H19ClN6O5/c1-2-29-22(33)28-21(30(23(29)34)13-14-6-8-15(24)9-7-14)27-18-11-10-16(12-25-18)35-19-5-3-4-17(26-19)20(31)32/h3-12H,2,13H2,1H3,(H,31,32)(H,25,27,28,33). The molecule has 0 aliphatic carbocycles. The highest BCUT2D eigenvalue weighted by Gasteiger charge is 2.10. The number of halogens is 1. The molecule has 0 bridgehead atoms. The third kappa shape index (κ3) is 5.53. The van der Waals surface area contributed by atoms with Crippen molar-refractivity contribution in [2.24, 2.45) is 4.99 Å². The van der Waals surface area contributed by atoms with Gasteiger partial charge in [0.25, 0.3) is 0 Å². The molecule has 0 spiro atoms. The Balaban J connectivity index is 1.68. The summed E-state index contributed by atoms with van der Waals surface area (Å²) in [6.45, 7) is 2.04. The van der Waals surface area contributed by atoms with Crippen LogP contribution in [0.25, 0.3) is 0 Å². The number of carboxylic acid groups (broad SMARTS) is 1. The molecule has 0 aliphatic rings. The summed E-state index contributed by atoms with van der Waals surface area (Å²) in [6, 6.07) is 14.4. The Kier molecular flexibility index (Phi) is 6.88. The Bertz CT molecular complexity index is 1560. The number of aromatic nitrogens is 5. The summed E-state index contributed by atoms with van der Waals surface area (Å²) in [7, 11) is 0. The molecule has 178 valence electrons. The van der Waals surface area contributed by atoms with Gasteiger partial charge in [-0.25, -0.2) is 28.9 Å². The topological polar surface area (TPSA) is 144 Å². The molecule has 12 heteroatoms. The van der Waals surface area contributed by atoms with Gasteiger partial charge in [0, 0.05) is 17.6 Å². The molecule has 0 saturated carbocycles. The largest absolute Gasteiger partial charge is 0.477 e. The van der Waals surface area contributed by atoms with E-state index in [4.69, 9.17) is 21.4 Å². The summed E-state index contributed by atoms with van der Waals surface area (Å²) >= 11 is 5.95. The normalized spacial score (nSPS) is 11.4. The van der Waals surface area contributed by atoms with Gasteiger partial charge in [0.1, 0.15) is 5.75 Å². The molecule has 0 amide bonds. The quantitative estimate of drug-likeness (QED) is 0.401.